The highest BCUT2D eigenvalue weighted by atomic mass is 19.1. The van der Waals surface area contributed by atoms with Crippen LogP contribution in [0.5, 0.6) is 0 Å². The summed E-state index contributed by atoms with van der Waals surface area (Å²) in [4.78, 5) is 13.9. The highest BCUT2D eigenvalue weighted by Gasteiger charge is 2.18. The number of nitrogens with one attached hydrogen (secondary N) is 1. The number of nitrogens with zero attached hydrogens (tertiary/aromatic N) is 1. The molecule has 1 atom stereocenters. The molecule has 1 aromatic carbocycles. The molecule has 0 aromatic heterocycles. The van der Waals surface area contributed by atoms with Crippen LogP contribution in [-0.4, -0.2) is 50.2 Å². The van der Waals surface area contributed by atoms with Crippen molar-refractivity contribution >= 4 is 5.91 Å². The molecule has 2 rings (SSSR count). The van der Waals surface area contributed by atoms with Crippen LogP contribution in [0, 0.1) is 5.82 Å². The van der Waals surface area contributed by atoms with Crippen LogP contribution >= 0.6 is 0 Å². The number of halogens is 1. The van der Waals surface area contributed by atoms with Crippen molar-refractivity contribution in [3.05, 3.63) is 35.6 Å². The van der Waals surface area contributed by atoms with Gasteiger partial charge in [-0.05, 0) is 24.7 Å². The first-order chi connectivity index (χ1) is 9.13. The minimum atomic E-state index is -0.317. The van der Waals surface area contributed by atoms with Crippen LogP contribution < -0.4 is 5.32 Å². The quantitative estimate of drug-likeness (QED) is 0.877. The molecule has 5 heteroatoms. The van der Waals surface area contributed by atoms with Gasteiger partial charge in [0, 0.05) is 19.6 Å². The highest BCUT2D eigenvalue weighted by Crippen LogP contribution is 2.05. The van der Waals surface area contributed by atoms with Crippen LogP contribution in [-0.2, 0) is 16.0 Å². The minimum Gasteiger partial charge on any atom is -0.374 e. The Bertz CT molecular complexity index is 439. The van der Waals surface area contributed by atoms with Crippen molar-refractivity contribution in [3.63, 3.8) is 0 Å². The maximum atomic E-state index is 13.0. The third-order valence-corrected chi connectivity index (χ3v) is 3.12. The Hall–Kier alpha value is -1.46. The van der Waals surface area contributed by atoms with E-state index in [2.05, 4.69) is 10.2 Å². The van der Waals surface area contributed by atoms with Crippen LogP contribution in [0.15, 0.2) is 24.3 Å². The van der Waals surface area contributed by atoms with Crippen LogP contribution in [0.1, 0.15) is 5.56 Å². The SMILES string of the molecule is CN1CCO[C@H](CNC(=O)Cc2cccc(F)c2)C1. The van der Waals surface area contributed by atoms with E-state index in [1.165, 1.54) is 12.1 Å². The molecule has 1 aromatic rings. The molecule has 0 bridgehead atoms. The minimum absolute atomic E-state index is 0.0372. The van der Waals surface area contributed by atoms with Gasteiger partial charge in [0.05, 0.1) is 19.1 Å². The van der Waals surface area contributed by atoms with Gasteiger partial charge in [0.25, 0.3) is 0 Å². The van der Waals surface area contributed by atoms with Crippen molar-refractivity contribution in [2.24, 2.45) is 0 Å². The van der Waals surface area contributed by atoms with Gasteiger partial charge in [0.1, 0.15) is 5.82 Å². The molecular formula is C14H19FN2O2. The molecule has 1 aliphatic rings. The molecule has 0 spiro atoms. The Morgan fingerprint density at radius 1 is 1.58 bits per heavy atom. The number of benzene rings is 1. The van der Waals surface area contributed by atoms with Gasteiger partial charge in [-0.25, -0.2) is 4.39 Å². The van der Waals surface area contributed by atoms with Crippen LogP contribution in [0.2, 0.25) is 0 Å². The van der Waals surface area contributed by atoms with E-state index in [-0.39, 0.29) is 24.2 Å². The number of likely N-dealkylation sites (N-methyl/N-ethyl adjacent to an activating group) is 1. The van der Waals surface area contributed by atoms with E-state index >= 15 is 0 Å². The van der Waals surface area contributed by atoms with Gasteiger partial charge in [-0.3, -0.25) is 4.79 Å². The van der Waals surface area contributed by atoms with E-state index in [1.807, 2.05) is 7.05 Å². The Labute approximate surface area is 112 Å². The first-order valence-electron chi connectivity index (χ1n) is 6.45. The first-order valence-corrected chi connectivity index (χ1v) is 6.45. The average molecular weight is 266 g/mol. The molecule has 4 nitrogen and oxygen atoms in total. The summed E-state index contributed by atoms with van der Waals surface area (Å²) in [6, 6.07) is 6.10. The molecular weight excluding hydrogens is 247 g/mol. The summed E-state index contributed by atoms with van der Waals surface area (Å²) < 4.78 is 18.5. The average Bonchev–Trinajstić information content (AvgIpc) is 2.36. The second kappa shape index (κ2) is 6.63. The monoisotopic (exact) mass is 266 g/mol. The zero-order chi connectivity index (χ0) is 13.7. The van der Waals surface area contributed by atoms with Gasteiger partial charge >= 0.3 is 0 Å². The fourth-order valence-electron chi connectivity index (χ4n) is 2.11. The van der Waals surface area contributed by atoms with Gasteiger partial charge < -0.3 is 15.0 Å². The number of carbonyl (C=O) groups excluding carboxylic acids is 1. The fraction of sp³-hybridized carbons (Fsp3) is 0.500. The number of morpholine rings is 1. The number of rotatable bonds is 4. The maximum Gasteiger partial charge on any atom is 0.224 e. The van der Waals surface area contributed by atoms with Crippen molar-refractivity contribution in [2.45, 2.75) is 12.5 Å². The summed E-state index contributed by atoms with van der Waals surface area (Å²) in [5.41, 5.74) is 0.680. The van der Waals surface area contributed by atoms with E-state index in [4.69, 9.17) is 4.74 Å². The van der Waals surface area contributed by atoms with Crippen molar-refractivity contribution in [1.82, 2.24) is 10.2 Å². The predicted molar refractivity (Wildman–Crippen MR) is 70.4 cm³/mol. The van der Waals surface area contributed by atoms with Gasteiger partial charge in [-0.2, -0.15) is 0 Å². The second-order valence-corrected chi connectivity index (χ2v) is 4.87. The van der Waals surface area contributed by atoms with Crippen molar-refractivity contribution in [3.8, 4) is 0 Å². The number of amides is 1. The number of hydrogen-bond acceptors (Lipinski definition) is 3. The van der Waals surface area contributed by atoms with E-state index in [1.54, 1.807) is 12.1 Å². The summed E-state index contributed by atoms with van der Waals surface area (Å²) in [5.74, 6) is -0.426. The summed E-state index contributed by atoms with van der Waals surface area (Å²) in [6.45, 7) is 2.94. The molecule has 19 heavy (non-hydrogen) atoms. The standard InChI is InChI=1S/C14H19FN2O2/c1-17-5-6-19-13(10-17)9-16-14(18)8-11-3-2-4-12(15)7-11/h2-4,7,13H,5-6,8-10H2,1H3,(H,16,18)/t13-/m1/s1. The molecule has 1 N–H and O–H groups in total. The Kier molecular flexibility index (Phi) is 4.87. The third-order valence-electron chi connectivity index (χ3n) is 3.12. The summed E-state index contributed by atoms with van der Waals surface area (Å²) in [7, 11) is 2.03. The van der Waals surface area contributed by atoms with Crippen molar-refractivity contribution in [2.75, 3.05) is 33.3 Å². The topological polar surface area (TPSA) is 41.6 Å². The van der Waals surface area contributed by atoms with Gasteiger partial charge in [0.15, 0.2) is 0 Å². The molecule has 0 radical (unpaired) electrons. The Balaban J connectivity index is 1.75. The first kappa shape index (κ1) is 14.0. The lowest BCUT2D eigenvalue weighted by Gasteiger charge is -2.30. The Morgan fingerprint density at radius 2 is 2.42 bits per heavy atom. The molecule has 1 amide bonds. The fourth-order valence-corrected chi connectivity index (χ4v) is 2.11. The largest absolute Gasteiger partial charge is 0.374 e. The lowest BCUT2D eigenvalue weighted by molar-refractivity contribution is -0.121. The molecule has 1 heterocycles. The van der Waals surface area contributed by atoms with E-state index < -0.39 is 0 Å². The Morgan fingerprint density at radius 3 is 3.16 bits per heavy atom. The third kappa shape index (κ3) is 4.61. The second-order valence-electron chi connectivity index (χ2n) is 4.87. The van der Waals surface area contributed by atoms with Gasteiger partial charge in [0.2, 0.25) is 5.91 Å². The van der Waals surface area contributed by atoms with Gasteiger partial charge in [-0.15, -0.1) is 0 Å². The number of hydrogen-bond donors (Lipinski definition) is 1. The zero-order valence-electron chi connectivity index (χ0n) is 11.1. The van der Waals surface area contributed by atoms with Crippen LogP contribution in [0.4, 0.5) is 4.39 Å². The predicted octanol–water partition coefficient (Wildman–Crippen LogP) is 0.815. The number of ether oxygens (including phenoxy) is 1. The van der Waals surface area contributed by atoms with E-state index in [9.17, 15) is 9.18 Å². The molecule has 1 aliphatic heterocycles. The highest BCUT2D eigenvalue weighted by molar-refractivity contribution is 5.78. The molecule has 1 fully saturated rings. The van der Waals surface area contributed by atoms with E-state index in [0.29, 0.717) is 18.7 Å². The lowest BCUT2D eigenvalue weighted by atomic mass is 10.1. The lowest BCUT2D eigenvalue weighted by Crippen LogP contribution is -2.46. The molecule has 0 saturated carbocycles. The van der Waals surface area contributed by atoms with Crippen molar-refractivity contribution < 1.29 is 13.9 Å². The summed E-state index contributed by atoms with van der Waals surface area (Å²) >= 11 is 0. The molecule has 1 saturated heterocycles. The molecule has 104 valence electrons. The van der Waals surface area contributed by atoms with Gasteiger partial charge in [-0.1, -0.05) is 12.1 Å². The molecule has 0 aliphatic carbocycles. The normalized spacial score (nSPS) is 20.2. The van der Waals surface area contributed by atoms with E-state index in [0.717, 1.165) is 13.1 Å². The zero-order valence-corrected chi connectivity index (χ0v) is 11.1. The maximum absolute atomic E-state index is 13.0. The van der Waals surface area contributed by atoms with Crippen LogP contribution in [0.3, 0.4) is 0 Å². The molecule has 0 unspecified atom stereocenters. The summed E-state index contributed by atoms with van der Waals surface area (Å²) in [6.07, 6.45) is 0.232. The summed E-state index contributed by atoms with van der Waals surface area (Å²) in [5, 5.41) is 2.83. The number of carbonyl (C=O) groups is 1. The van der Waals surface area contributed by atoms with Crippen molar-refractivity contribution in [1.29, 1.82) is 0 Å². The smallest absolute Gasteiger partial charge is 0.224 e. The van der Waals surface area contributed by atoms with Crippen LogP contribution in [0.25, 0.3) is 0 Å².